The van der Waals surface area contributed by atoms with Crippen molar-refractivity contribution in [3.8, 4) is 0 Å². The standard InChI is InChI=1S/C14H22NO17P3.3Na/c1-6(7-4-2-3-5-8(7)15(19)20)29-35(27,28)32-13-10(17)9(16)12(30-33(21,22)23)11(18)14(13)31-34(24,25)26;;;/h2-6,9-14,16-18H,1H3,(H,27,28)(H2,21,22,23)(H2,24,25,26);;;/q;3*+1/p-3/t6?,9-,10+,11+,12-,13-,14-;;;/m1.../s1. The molecule has 0 aliphatic heterocycles. The van der Waals surface area contributed by atoms with Gasteiger partial charge in [-0.1, -0.05) is 12.1 Å². The van der Waals surface area contributed by atoms with E-state index in [-0.39, 0.29) is 94.2 Å². The molecule has 1 aromatic carbocycles. The maximum Gasteiger partial charge on any atom is 1.00 e. The first-order valence-electron chi connectivity index (χ1n) is 9.23. The van der Waals surface area contributed by atoms with E-state index in [2.05, 4.69) is 13.6 Å². The summed E-state index contributed by atoms with van der Waals surface area (Å²) in [6.45, 7) is 1.06. The van der Waals surface area contributed by atoms with E-state index < -0.39 is 76.8 Å². The molecule has 0 spiro atoms. The van der Waals surface area contributed by atoms with Crippen LogP contribution in [-0.4, -0.2) is 66.7 Å². The third-order valence-electron chi connectivity index (χ3n) is 4.64. The zero-order chi connectivity index (χ0) is 26.9. The van der Waals surface area contributed by atoms with Crippen LogP contribution < -0.4 is 103 Å². The molecule has 0 radical (unpaired) electrons. The maximum absolute atomic E-state index is 12.5. The number of nitrogens with zero attached hydrogens (tertiary/aromatic N) is 1. The Morgan fingerprint density at radius 1 is 0.816 bits per heavy atom. The van der Waals surface area contributed by atoms with Crippen molar-refractivity contribution in [3.63, 3.8) is 0 Å². The van der Waals surface area contributed by atoms with Gasteiger partial charge in [0.15, 0.2) is 0 Å². The third kappa shape index (κ3) is 12.2. The van der Waals surface area contributed by atoms with Crippen LogP contribution in [0.25, 0.3) is 0 Å². The molecule has 24 heteroatoms. The molecule has 2 rings (SSSR count). The molecule has 1 saturated carbocycles. The molecule has 1 fully saturated rings. The van der Waals surface area contributed by atoms with Gasteiger partial charge in [0.25, 0.3) is 29.2 Å². The second-order valence-electron chi connectivity index (χ2n) is 7.13. The molecule has 200 valence electrons. The summed E-state index contributed by atoms with van der Waals surface area (Å²) in [7, 11) is -17.3. The number of benzene rings is 1. The number of phosphoric ester groups is 3. The Kier molecular flexibility index (Phi) is 18.3. The minimum absolute atomic E-state index is 0. The Morgan fingerprint density at radius 2 is 1.24 bits per heavy atom. The van der Waals surface area contributed by atoms with Gasteiger partial charge in [0.1, 0.15) is 36.6 Å². The number of phosphoric acid groups is 3. The minimum atomic E-state index is -5.85. The number of aliphatic hydroxyl groups is 3. The fourth-order valence-corrected chi connectivity index (χ4v) is 5.47. The van der Waals surface area contributed by atoms with Gasteiger partial charge in [-0.3, -0.25) is 23.8 Å². The summed E-state index contributed by atoms with van der Waals surface area (Å²) in [6, 6.07) is 4.79. The first kappa shape index (κ1) is 42.0. The van der Waals surface area contributed by atoms with E-state index in [0.717, 1.165) is 19.1 Å². The average molecular weight is 635 g/mol. The van der Waals surface area contributed by atoms with E-state index in [1.807, 2.05) is 0 Å². The van der Waals surface area contributed by atoms with Gasteiger partial charge >= 0.3 is 88.7 Å². The molecule has 5 N–H and O–H groups in total. The third-order valence-corrected chi connectivity index (χ3v) is 6.74. The molecule has 0 heterocycles. The molecule has 0 saturated heterocycles. The van der Waals surface area contributed by atoms with Crippen molar-refractivity contribution in [2.45, 2.75) is 49.7 Å². The van der Waals surface area contributed by atoms with Crippen LogP contribution in [0.4, 0.5) is 5.69 Å². The van der Waals surface area contributed by atoms with Crippen molar-refractivity contribution in [1.82, 2.24) is 0 Å². The van der Waals surface area contributed by atoms with Gasteiger partial charge in [0, 0.05) is 6.07 Å². The number of nitro groups is 1. The molecule has 4 unspecified atom stereocenters. The van der Waals surface area contributed by atoms with Gasteiger partial charge in [0.2, 0.25) is 0 Å². The van der Waals surface area contributed by atoms with E-state index >= 15 is 0 Å². The Morgan fingerprint density at radius 3 is 1.71 bits per heavy atom. The van der Waals surface area contributed by atoms with Gasteiger partial charge in [-0.25, -0.2) is 0 Å². The van der Waals surface area contributed by atoms with Crippen molar-refractivity contribution in [2.24, 2.45) is 0 Å². The van der Waals surface area contributed by atoms with Crippen LogP contribution in [0.15, 0.2) is 24.3 Å². The predicted molar refractivity (Wildman–Crippen MR) is 102 cm³/mol. The maximum atomic E-state index is 12.5. The molecule has 0 amide bonds. The van der Waals surface area contributed by atoms with Crippen molar-refractivity contribution >= 4 is 29.2 Å². The van der Waals surface area contributed by atoms with Crippen molar-refractivity contribution in [1.29, 1.82) is 0 Å². The minimum Gasteiger partial charge on any atom is -0.756 e. The first-order chi connectivity index (χ1) is 15.8. The number of hydrogen-bond acceptors (Lipinski definition) is 15. The van der Waals surface area contributed by atoms with E-state index in [4.69, 9.17) is 14.3 Å². The first-order valence-corrected chi connectivity index (χ1v) is 13.7. The van der Waals surface area contributed by atoms with Crippen LogP contribution in [0.3, 0.4) is 0 Å². The summed E-state index contributed by atoms with van der Waals surface area (Å²) in [5.41, 5.74) is -0.778. The monoisotopic (exact) mass is 635 g/mol. The average Bonchev–Trinajstić information content (AvgIpc) is 2.70. The molecule has 1 aromatic rings. The van der Waals surface area contributed by atoms with Crippen LogP contribution in [-0.2, 0) is 31.8 Å². The summed E-state index contributed by atoms with van der Waals surface area (Å²) in [4.78, 5) is 62.7. The molecule has 0 bridgehead atoms. The van der Waals surface area contributed by atoms with Crippen molar-refractivity contribution < 1.29 is 165 Å². The molecule has 38 heavy (non-hydrogen) atoms. The molecular formula is C14H19NNa3O17P3. The Hall–Kier alpha value is 1.83. The molecule has 1 aliphatic carbocycles. The summed E-state index contributed by atoms with van der Waals surface area (Å²) < 4.78 is 52.0. The van der Waals surface area contributed by atoms with Crippen molar-refractivity contribution in [2.75, 3.05) is 0 Å². The molecule has 10 atom stereocenters. The zero-order valence-corrected chi connectivity index (χ0v) is 29.0. The Labute approximate surface area is 281 Å². The largest absolute Gasteiger partial charge is 1.00 e. The number of aliphatic hydroxyl groups excluding tert-OH is 3. The van der Waals surface area contributed by atoms with E-state index in [1.165, 1.54) is 12.1 Å². The topological polar surface area (TPSA) is 302 Å². The molecule has 18 nitrogen and oxygen atoms in total. The van der Waals surface area contributed by atoms with Crippen LogP contribution in [0.2, 0.25) is 0 Å². The number of rotatable bonds is 10. The zero-order valence-electron chi connectivity index (χ0n) is 20.3. The smallest absolute Gasteiger partial charge is 0.756 e. The van der Waals surface area contributed by atoms with E-state index in [0.29, 0.717) is 0 Å². The Balaban J connectivity index is 0. The molecule has 1 aliphatic rings. The van der Waals surface area contributed by atoms with Crippen molar-refractivity contribution in [3.05, 3.63) is 39.9 Å². The van der Waals surface area contributed by atoms with E-state index in [9.17, 15) is 53.8 Å². The van der Waals surface area contributed by atoms with Gasteiger partial charge in [0.05, 0.1) is 16.6 Å². The molecular weight excluding hydrogens is 616 g/mol. The quantitative estimate of drug-likeness (QED) is 0.0690. The summed E-state index contributed by atoms with van der Waals surface area (Å²) in [5.74, 6) is 0. The normalized spacial score (nSPS) is 30.6. The summed E-state index contributed by atoms with van der Waals surface area (Å²) >= 11 is 0. The van der Waals surface area contributed by atoms with Crippen LogP contribution in [0, 0.1) is 10.1 Å². The Bertz CT molecular complexity index is 1070. The van der Waals surface area contributed by atoms with Gasteiger partial charge < -0.3 is 57.9 Å². The SMILES string of the molecule is CC(OP(=O)([O-])O[C@@H]1[C@@H](O)[C@@H](O)[C@@H](OP(=O)([O-])O)[C@H](O)[C@H]1OP(=O)([O-])O)c1ccccc1[N+](=O)[O-].[Na+].[Na+].[Na+]. The summed E-state index contributed by atoms with van der Waals surface area (Å²) in [6.07, 6.45) is -17.1. The number of para-hydroxylation sites is 1. The second-order valence-corrected chi connectivity index (χ2v) is 10.7. The fraction of sp³-hybridized carbons (Fsp3) is 0.571. The van der Waals surface area contributed by atoms with Gasteiger partial charge in [-0.15, -0.1) is 0 Å². The number of hydrogen-bond donors (Lipinski definition) is 5. The molecule has 0 aromatic heterocycles. The van der Waals surface area contributed by atoms with Crippen LogP contribution in [0.5, 0.6) is 0 Å². The second kappa shape index (κ2) is 16.6. The number of nitro benzene ring substituents is 1. The fourth-order valence-electron chi connectivity index (χ4n) is 3.27. The van der Waals surface area contributed by atoms with Gasteiger partial charge in [-0.05, 0) is 13.0 Å². The summed E-state index contributed by atoms with van der Waals surface area (Å²) in [5, 5.41) is 41.6. The predicted octanol–water partition coefficient (Wildman–Crippen LogP) is -11.7. The van der Waals surface area contributed by atoms with E-state index in [1.54, 1.807) is 0 Å². The van der Waals surface area contributed by atoms with Gasteiger partial charge in [-0.2, -0.15) is 0 Å². The van der Waals surface area contributed by atoms with Crippen LogP contribution in [0.1, 0.15) is 18.6 Å². The van der Waals surface area contributed by atoms with Crippen LogP contribution >= 0.6 is 23.5 Å².